The molecule has 1 aromatic carbocycles. The molecule has 0 spiro atoms. The van der Waals surface area contributed by atoms with Gasteiger partial charge in [0.25, 0.3) is 0 Å². The second-order valence-electron chi connectivity index (χ2n) is 6.31. The first-order chi connectivity index (χ1) is 10.4. The van der Waals surface area contributed by atoms with Crippen LogP contribution in [0.4, 0.5) is 0 Å². The lowest BCUT2D eigenvalue weighted by molar-refractivity contribution is -0.123. The Hall–Kier alpha value is -0.970. The number of carbonyl (C=O) groups is 1. The third-order valence-electron chi connectivity index (χ3n) is 4.27. The Kier molecular flexibility index (Phi) is 7.65. The van der Waals surface area contributed by atoms with Crippen LogP contribution in [0.15, 0.2) is 18.2 Å². The highest BCUT2D eigenvalue weighted by Crippen LogP contribution is 2.39. The number of aryl methyl sites for hydroxylation is 1. The van der Waals surface area contributed by atoms with E-state index in [-0.39, 0.29) is 23.9 Å². The van der Waals surface area contributed by atoms with E-state index in [0.29, 0.717) is 31.9 Å². The van der Waals surface area contributed by atoms with Gasteiger partial charge in [-0.15, -0.1) is 12.4 Å². The van der Waals surface area contributed by atoms with Gasteiger partial charge >= 0.3 is 0 Å². The minimum absolute atomic E-state index is 0. The first-order valence-corrected chi connectivity index (χ1v) is 8.22. The van der Waals surface area contributed by atoms with Gasteiger partial charge in [-0.25, -0.2) is 0 Å². The summed E-state index contributed by atoms with van der Waals surface area (Å²) in [5.41, 5.74) is 6.54. The molecule has 130 valence electrons. The Morgan fingerprint density at radius 3 is 2.74 bits per heavy atom. The Labute approximate surface area is 149 Å². The topological polar surface area (TPSA) is 64.3 Å². The predicted octanol–water partition coefficient (Wildman–Crippen LogP) is 3.47. The predicted molar refractivity (Wildman–Crippen MR) is 96.5 cm³/mol. The molecule has 1 aliphatic carbocycles. The monoisotopic (exact) mass is 360 g/mol. The minimum atomic E-state index is -0.245. The number of hydrogen-bond acceptors (Lipinski definition) is 3. The molecule has 1 amide bonds. The minimum Gasteiger partial charge on any atom is -0.494 e. The van der Waals surface area contributed by atoms with Gasteiger partial charge in [0, 0.05) is 18.0 Å². The van der Waals surface area contributed by atoms with Gasteiger partial charge in [-0.3, -0.25) is 4.79 Å². The molecule has 0 radical (unpaired) electrons. The van der Waals surface area contributed by atoms with Gasteiger partial charge < -0.3 is 15.8 Å². The molecular formula is C17H26Cl2N2O2. The Morgan fingerprint density at radius 1 is 1.48 bits per heavy atom. The summed E-state index contributed by atoms with van der Waals surface area (Å²) < 4.78 is 5.65. The van der Waals surface area contributed by atoms with Crippen molar-refractivity contribution in [3.05, 3.63) is 28.8 Å². The van der Waals surface area contributed by atoms with Crippen molar-refractivity contribution in [1.29, 1.82) is 0 Å². The highest BCUT2D eigenvalue weighted by Gasteiger charge is 2.41. The van der Waals surface area contributed by atoms with E-state index in [0.717, 1.165) is 29.2 Å². The molecule has 1 aliphatic rings. The van der Waals surface area contributed by atoms with Gasteiger partial charge in [-0.2, -0.15) is 0 Å². The highest BCUT2D eigenvalue weighted by molar-refractivity contribution is 6.31. The molecule has 1 fully saturated rings. The molecule has 2 rings (SSSR count). The van der Waals surface area contributed by atoms with Crippen LogP contribution in [-0.4, -0.2) is 24.6 Å². The number of nitrogens with two attached hydrogens (primary N) is 1. The number of hydrogen-bond donors (Lipinski definition) is 2. The van der Waals surface area contributed by atoms with Crippen LogP contribution in [0.2, 0.25) is 5.02 Å². The summed E-state index contributed by atoms with van der Waals surface area (Å²) in [5.74, 6) is 1.37. The third-order valence-corrected chi connectivity index (χ3v) is 4.70. The van der Waals surface area contributed by atoms with Gasteiger partial charge in [0.05, 0.1) is 12.1 Å². The zero-order valence-electron chi connectivity index (χ0n) is 13.7. The molecule has 1 unspecified atom stereocenters. The fourth-order valence-corrected chi connectivity index (χ4v) is 2.67. The fraction of sp³-hybridized carbons (Fsp3) is 0.588. The van der Waals surface area contributed by atoms with Crippen LogP contribution < -0.4 is 15.8 Å². The number of nitrogens with one attached hydrogen (secondary N) is 1. The SMILES string of the molecule is Cc1cc(OCCCC(=O)NC(C)(CN)C2CC2)ccc1Cl.Cl. The molecule has 0 heterocycles. The van der Waals surface area contributed by atoms with E-state index in [1.165, 1.54) is 0 Å². The normalized spacial score (nSPS) is 16.2. The van der Waals surface area contributed by atoms with Crippen molar-refractivity contribution >= 4 is 29.9 Å². The molecular weight excluding hydrogens is 335 g/mol. The number of halogens is 2. The molecule has 1 atom stereocenters. The van der Waals surface area contributed by atoms with E-state index in [2.05, 4.69) is 5.32 Å². The van der Waals surface area contributed by atoms with E-state index < -0.39 is 0 Å². The lowest BCUT2D eigenvalue weighted by Gasteiger charge is -2.29. The number of benzene rings is 1. The molecule has 6 heteroatoms. The van der Waals surface area contributed by atoms with Crippen LogP contribution in [-0.2, 0) is 4.79 Å². The van der Waals surface area contributed by atoms with Crippen LogP contribution in [0.5, 0.6) is 5.75 Å². The van der Waals surface area contributed by atoms with Crippen LogP contribution in [0, 0.1) is 12.8 Å². The molecule has 0 aromatic heterocycles. The Morgan fingerprint density at radius 2 is 2.17 bits per heavy atom. The van der Waals surface area contributed by atoms with E-state index >= 15 is 0 Å². The van der Waals surface area contributed by atoms with Crippen molar-refractivity contribution in [3.8, 4) is 5.75 Å². The molecule has 4 nitrogen and oxygen atoms in total. The van der Waals surface area contributed by atoms with Crippen molar-refractivity contribution in [3.63, 3.8) is 0 Å². The summed E-state index contributed by atoms with van der Waals surface area (Å²) >= 11 is 5.97. The first kappa shape index (κ1) is 20.1. The number of rotatable bonds is 8. The zero-order chi connectivity index (χ0) is 16.2. The lowest BCUT2D eigenvalue weighted by Crippen LogP contribution is -2.53. The molecule has 1 aromatic rings. The second-order valence-corrected chi connectivity index (χ2v) is 6.71. The van der Waals surface area contributed by atoms with Crippen LogP contribution in [0.1, 0.15) is 38.2 Å². The van der Waals surface area contributed by atoms with Crippen LogP contribution >= 0.6 is 24.0 Å². The quantitative estimate of drug-likeness (QED) is 0.697. The number of amides is 1. The molecule has 0 saturated heterocycles. The maximum Gasteiger partial charge on any atom is 0.220 e. The summed E-state index contributed by atoms with van der Waals surface area (Å²) in [5, 5.41) is 3.81. The summed E-state index contributed by atoms with van der Waals surface area (Å²) in [6, 6.07) is 5.57. The van der Waals surface area contributed by atoms with Crippen molar-refractivity contribution in [2.45, 2.75) is 45.1 Å². The summed E-state index contributed by atoms with van der Waals surface area (Å²) in [6.45, 7) is 4.98. The molecule has 3 N–H and O–H groups in total. The van der Waals surface area contributed by atoms with E-state index in [9.17, 15) is 4.79 Å². The van der Waals surface area contributed by atoms with Crippen molar-refractivity contribution in [1.82, 2.24) is 5.32 Å². The highest BCUT2D eigenvalue weighted by atomic mass is 35.5. The summed E-state index contributed by atoms with van der Waals surface area (Å²) in [4.78, 5) is 12.0. The third kappa shape index (κ3) is 5.87. The largest absolute Gasteiger partial charge is 0.494 e. The van der Waals surface area contributed by atoms with Crippen LogP contribution in [0.3, 0.4) is 0 Å². The van der Waals surface area contributed by atoms with Gasteiger partial charge in [0.2, 0.25) is 5.91 Å². The number of ether oxygens (including phenoxy) is 1. The second kappa shape index (κ2) is 8.76. The molecule has 23 heavy (non-hydrogen) atoms. The maximum atomic E-state index is 12.0. The van der Waals surface area contributed by atoms with E-state index in [1.54, 1.807) is 0 Å². The Bertz CT molecular complexity index is 535. The molecule has 1 saturated carbocycles. The van der Waals surface area contributed by atoms with Crippen molar-refractivity contribution in [2.24, 2.45) is 11.7 Å². The maximum absolute atomic E-state index is 12.0. The van der Waals surface area contributed by atoms with Crippen molar-refractivity contribution < 1.29 is 9.53 Å². The average molecular weight is 361 g/mol. The van der Waals surface area contributed by atoms with E-state index in [1.807, 2.05) is 32.0 Å². The van der Waals surface area contributed by atoms with Crippen LogP contribution in [0.25, 0.3) is 0 Å². The zero-order valence-corrected chi connectivity index (χ0v) is 15.3. The Balaban J connectivity index is 0.00000264. The van der Waals surface area contributed by atoms with Gasteiger partial charge in [0.1, 0.15) is 5.75 Å². The van der Waals surface area contributed by atoms with E-state index in [4.69, 9.17) is 22.1 Å². The van der Waals surface area contributed by atoms with Gasteiger partial charge in [-0.1, -0.05) is 11.6 Å². The van der Waals surface area contributed by atoms with Gasteiger partial charge in [-0.05, 0) is 62.8 Å². The summed E-state index contributed by atoms with van der Waals surface area (Å²) in [6.07, 6.45) is 3.45. The smallest absolute Gasteiger partial charge is 0.220 e. The number of carbonyl (C=O) groups excluding carboxylic acids is 1. The van der Waals surface area contributed by atoms with Gasteiger partial charge in [0.15, 0.2) is 0 Å². The lowest BCUT2D eigenvalue weighted by atomic mass is 9.95. The average Bonchev–Trinajstić information content (AvgIpc) is 3.32. The first-order valence-electron chi connectivity index (χ1n) is 7.84. The summed E-state index contributed by atoms with van der Waals surface area (Å²) in [7, 11) is 0. The van der Waals surface area contributed by atoms with Crippen molar-refractivity contribution in [2.75, 3.05) is 13.2 Å². The molecule has 0 aliphatic heterocycles. The molecule has 0 bridgehead atoms. The standard InChI is InChI=1S/C17H25ClN2O2.ClH/c1-12-10-14(7-8-15(12)18)22-9-3-4-16(21)20-17(2,11-19)13-5-6-13;/h7-8,10,13H,3-6,9,11,19H2,1-2H3,(H,20,21);1H. The fourth-order valence-electron chi connectivity index (χ4n) is 2.55.